The standard InChI is InChI=1S/C21H22F4N2O4S/c1-13-5-8-18(31-2)19(10-13)32(29,30)27-9-3-4-14(12-27)20(28)26-15-6-7-17(22)16(11-15)21(23,24)25/h5-8,10-11,14H,3-4,9,12H2,1-2H3,(H,26,28)/t14-/m0/s1. The maximum absolute atomic E-state index is 13.5. The Morgan fingerprint density at radius 2 is 1.91 bits per heavy atom. The first kappa shape index (κ1) is 24.0. The topological polar surface area (TPSA) is 75.7 Å². The molecule has 0 saturated carbocycles. The first-order valence-electron chi connectivity index (χ1n) is 9.76. The Kier molecular flexibility index (Phi) is 6.80. The fourth-order valence-corrected chi connectivity index (χ4v) is 5.33. The zero-order chi connectivity index (χ0) is 23.7. The molecule has 174 valence electrons. The zero-order valence-corrected chi connectivity index (χ0v) is 18.2. The summed E-state index contributed by atoms with van der Waals surface area (Å²) in [4.78, 5) is 12.6. The summed E-state index contributed by atoms with van der Waals surface area (Å²) in [6.07, 6.45) is -4.16. The average Bonchev–Trinajstić information content (AvgIpc) is 2.74. The molecular weight excluding hydrogens is 452 g/mol. The van der Waals surface area contributed by atoms with Gasteiger partial charge in [-0.15, -0.1) is 0 Å². The van der Waals surface area contributed by atoms with Crippen LogP contribution in [0.1, 0.15) is 24.0 Å². The molecule has 0 bridgehead atoms. The number of ether oxygens (including phenoxy) is 1. The Balaban J connectivity index is 1.79. The van der Waals surface area contributed by atoms with E-state index in [9.17, 15) is 30.8 Å². The van der Waals surface area contributed by atoms with E-state index in [1.165, 1.54) is 17.5 Å². The van der Waals surface area contributed by atoms with Crippen molar-refractivity contribution >= 4 is 21.6 Å². The lowest BCUT2D eigenvalue weighted by molar-refractivity contribution is -0.140. The summed E-state index contributed by atoms with van der Waals surface area (Å²) >= 11 is 0. The van der Waals surface area contributed by atoms with Crippen molar-refractivity contribution in [3.63, 3.8) is 0 Å². The molecule has 2 aromatic rings. The maximum Gasteiger partial charge on any atom is 0.419 e. The van der Waals surface area contributed by atoms with Gasteiger partial charge in [-0.25, -0.2) is 12.8 Å². The van der Waals surface area contributed by atoms with Crippen LogP contribution in [-0.2, 0) is 21.0 Å². The van der Waals surface area contributed by atoms with Gasteiger partial charge in [0.15, 0.2) is 0 Å². The van der Waals surface area contributed by atoms with Gasteiger partial charge in [-0.1, -0.05) is 6.07 Å². The molecule has 0 aromatic heterocycles. The van der Waals surface area contributed by atoms with Gasteiger partial charge < -0.3 is 10.1 Å². The van der Waals surface area contributed by atoms with Crippen molar-refractivity contribution in [2.75, 3.05) is 25.5 Å². The number of amides is 1. The SMILES string of the molecule is COc1ccc(C)cc1S(=O)(=O)N1CCC[C@H](C(=O)Nc2ccc(F)c(C(F)(F)F)c2)C1. The minimum atomic E-state index is -4.91. The molecule has 1 amide bonds. The number of hydrogen-bond donors (Lipinski definition) is 1. The molecule has 32 heavy (non-hydrogen) atoms. The van der Waals surface area contributed by atoms with E-state index in [4.69, 9.17) is 4.74 Å². The van der Waals surface area contributed by atoms with Gasteiger partial charge in [0.1, 0.15) is 16.5 Å². The van der Waals surface area contributed by atoms with E-state index in [1.807, 2.05) is 0 Å². The summed E-state index contributed by atoms with van der Waals surface area (Å²) < 4.78 is 84.9. The first-order chi connectivity index (χ1) is 14.9. The number of hydrogen-bond acceptors (Lipinski definition) is 4. The number of sulfonamides is 1. The van der Waals surface area contributed by atoms with Crippen LogP contribution < -0.4 is 10.1 Å². The number of benzene rings is 2. The third kappa shape index (κ3) is 5.04. The van der Waals surface area contributed by atoms with Crippen LogP contribution in [0.3, 0.4) is 0 Å². The second-order valence-corrected chi connectivity index (χ2v) is 9.44. The molecule has 3 rings (SSSR count). The van der Waals surface area contributed by atoms with Crippen LogP contribution in [0.15, 0.2) is 41.3 Å². The van der Waals surface area contributed by atoms with Crippen molar-refractivity contribution in [2.24, 2.45) is 5.92 Å². The second kappa shape index (κ2) is 9.07. The molecule has 6 nitrogen and oxygen atoms in total. The monoisotopic (exact) mass is 474 g/mol. The van der Waals surface area contributed by atoms with Crippen LogP contribution in [0.2, 0.25) is 0 Å². The Morgan fingerprint density at radius 1 is 1.19 bits per heavy atom. The number of aryl methyl sites for hydroxylation is 1. The minimum Gasteiger partial charge on any atom is -0.495 e. The Labute approximate surface area is 183 Å². The molecule has 1 fully saturated rings. The molecule has 0 radical (unpaired) electrons. The number of halogens is 4. The van der Waals surface area contributed by atoms with E-state index in [0.717, 1.165) is 6.07 Å². The molecule has 1 N–H and O–H groups in total. The third-order valence-electron chi connectivity index (χ3n) is 5.23. The average molecular weight is 474 g/mol. The fraction of sp³-hybridized carbons (Fsp3) is 0.381. The predicted molar refractivity (Wildman–Crippen MR) is 109 cm³/mol. The highest BCUT2D eigenvalue weighted by Crippen LogP contribution is 2.34. The summed E-state index contributed by atoms with van der Waals surface area (Å²) in [5.41, 5.74) is -0.994. The maximum atomic E-state index is 13.5. The van der Waals surface area contributed by atoms with E-state index in [1.54, 1.807) is 19.1 Å². The van der Waals surface area contributed by atoms with Crippen LogP contribution in [0.4, 0.5) is 23.2 Å². The summed E-state index contributed by atoms with van der Waals surface area (Å²) in [7, 11) is -2.61. The number of piperidine rings is 1. The highest BCUT2D eigenvalue weighted by molar-refractivity contribution is 7.89. The minimum absolute atomic E-state index is 0.0191. The normalized spacial score (nSPS) is 17.8. The first-order valence-corrected chi connectivity index (χ1v) is 11.2. The van der Waals surface area contributed by atoms with Gasteiger partial charge in [-0.3, -0.25) is 4.79 Å². The van der Waals surface area contributed by atoms with E-state index in [-0.39, 0.29) is 29.4 Å². The van der Waals surface area contributed by atoms with E-state index < -0.39 is 39.4 Å². The lowest BCUT2D eigenvalue weighted by Crippen LogP contribution is -2.43. The summed E-state index contributed by atoms with van der Waals surface area (Å²) in [5, 5.41) is 2.34. The molecular formula is C21H22F4N2O4S. The van der Waals surface area contributed by atoms with Crippen LogP contribution in [0, 0.1) is 18.7 Å². The number of alkyl halides is 3. The van der Waals surface area contributed by atoms with Crippen LogP contribution in [-0.4, -0.2) is 38.8 Å². The zero-order valence-electron chi connectivity index (χ0n) is 17.4. The molecule has 1 aliphatic rings. The molecule has 11 heteroatoms. The van der Waals surface area contributed by atoms with Crippen molar-refractivity contribution in [1.29, 1.82) is 0 Å². The predicted octanol–water partition coefficient (Wildman–Crippen LogP) is 4.20. The van der Waals surface area contributed by atoms with Crippen molar-refractivity contribution in [2.45, 2.75) is 30.8 Å². The van der Waals surface area contributed by atoms with Crippen LogP contribution in [0.5, 0.6) is 5.75 Å². The number of nitrogens with one attached hydrogen (secondary N) is 1. The summed E-state index contributed by atoms with van der Waals surface area (Å²) in [5.74, 6) is -2.69. The Hall–Kier alpha value is -2.66. The molecule has 1 atom stereocenters. The van der Waals surface area contributed by atoms with E-state index >= 15 is 0 Å². The van der Waals surface area contributed by atoms with Crippen molar-refractivity contribution < 1.29 is 35.5 Å². The molecule has 1 saturated heterocycles. The van der Waals surface area contributed by atoms with Gasteiger partial charge in [-0.05, 0) is 55.7 Å². The molecule has 2 aromatic carbocycles. The lowest BCUT2D eigenvalue weighted by atomic mass is 9.98. The number of methoxy groups -OCH3 is 1. The van der Waals surface area contributed by atoms with Gasteiger partial charge in [-0.2, -0.15) is 17.5 Å². The highest BCUT2D eigenvalue weighted by atomic mass is 32.2. The number of carbonyl (C=O) groups is 1. The lowest BCUT2D eigenvalue weighted by Gasteiger charge is -2.31. The summed E-state index contributed by atoms with van der Waals surface area (Å²) in [6.45, 7) is 1.79. The van der Waals surface area contributed by atoms with Gasteiger partial charge in [0.25, 0.3) is 0 Å². The molecule has 0 spiro atoms. The van der Waals surface area contributed by atoms with Gasteiger partial charge in [0.2, 0.25) is 15.9 Å². The molecule has 1 heterocycles. The van der Waals surface area contributed by atoms with E-state index in [2.05, 4.69) is 5.32 Å². The molecule has 0 unspecified atom stereocenters. The Bertz CT molecular complexity index is 1120. The largest absolute Gasteiger partial charge is 0.495 e. The van der Waals surface area contributed by atoms with Gasteiger partial charge in [0.05, 0.1) is 18.6 Å². The van der Waals surface area contributed by atoms with E-state index in [0.29, 0.717) is 30.5 Å². The smallest absolute Gasteiger partial charge is 0.419 e. The van der Waals surface area contributed by atoms with Crippen LogP contribution in [0.25, 0.3) is 0 Å². The van der Waals surface area contributed by atoms with Crippen molar-refractivity contribution in [3.05, 3.63) is 53.3 Å². The fourth-order valence-electron chi connectivity index (χ4n) is 3.56. The molecule has 0 aliphatic carbocycles. The van der Waals surface area contributed by atoms with Gasteiger partial charge >= 0.3 is 6.18 Å². The number of rotatable bonds is 5. The molecule has 1 aliphatic heterocycles. The number of nitrogens with zero attached hydrogens (tertiary/aromatic N) is 1. The van der Waals surface area contributed by atoms with Crippen molar-refractivity contribution in [1.82, 2.24) is 4.31 Å². The highest BCUT2D eigenvalue weighted by Gasteiger charge is 2.36. The van der Waals surface area contributed by atoms with Crippen molar-refractivity contribution in [3.8, 4) is 5.75 Å². The second-order valence-electron chi connectivity index (χ2n) is 7.54. The number of carbonyl (C=O) groups excluding carboxylic acids is 1. The Morgan fingerprint density at radius 3 is 2.56 bits per heavy atom. The van der Waals surface area contributed by atoms with Crippen LogP contribution >= 0.6 is 0 Å². The quantitative estimate of drug-likeness (QED) is 0.659. The number of anilines is 1. The van der Waals surface area contributed by atoms with Gasteiger partial charge in [0, 0.05) is 18.8 Å². The summed E-state index contributed by atoms with van der Waals surface area (Å²) in [6, 6.07) is 6.90. The third-order valence-corrected chi connectivity index (χ3v) is 7.12.